The highest BCUT2D eigenvalue weighted by Gasteiger charge is 2.26. The Hall–Kier alpha value is -2.05. The third-order valence-electron chi connectivity index (χ3n) is 3.52. The fourth-order valence-electron chi connectivity index (χ4n) is 2.40. The number of carbonyl (C=O) groups excluding carboxylic acids is 1. The van der Waals surface area contributed by atoms with Crippen molar-refractivity contribution in [2.75, 3.05) is 19.7 Å². The van der Waals surface area contributed by atoms with Gasteiger partial charge < -0.3 is 15.4 Å². The van der Waals surface area contributed by atoms with E-state index < -0.39 is 0 Å². The molecular weight excluding hydrogens is 286 g/mol. The Morgan fingerprint density at radius 1 is 1.43 bits per heavy atom. The minimum Gasteiger partial charge on any atom is -0.391 e. The van der Waals surface area contributed by atoms with Crippen molar-refractivity contribution in [1.82, 2.24) is 9.88 Å². The Morgan fingerprint density at radius 2 is 2.29 bits per heavy atom. The second-order valence-corrected chi connectivity index (χ2v) is 5.40. The van der Waals surface area contributed by atoms with Crippen LogP contribution in [0.4, 0.5) is 0 Å². The van der Waals surface area contributed by atoms with Gasteiger partial charge in [0.2, 0.25) is 0 Å². The van der Waals surface area contributed by atoms with Gasteiger partial charge in [0.15, 0.2) is 0 Å². The molecule has 1 aliphatic rings. The molecule has 21 heavy (non-hydrogen) atoms. The molecule has 1 aromatic heterocycles. The third kappa shape index (κ3) is 2.86. The molecular formula is C15H15N3O2S. The van der Waals surface area contributed by atoms with Crippen molar-refractivity contribution in [3.05, 3.63) is 42.1 Å². The molecule has 2 N–H and O–H groups in total. The average Bonchev–Trinajstić information content (AvgIpc) is 2.53. The summed E-state index contributed by atoms with van der Waals surface area (Å²) in [5.74, 6) is -0.0368. The number of amides is 1. The van der Waals surface area contributed by atoms with Crippen LogP contribution in [-0.4, -0.2) is 46.6 Å². The van der Waals surface area contributed by atoms with Crippen LogP contribution in [0.3, 0.4) is 0 Å². The summed E-state index contributed by atoms with van der Waals surface area (Å²) in [6, 6.07) is 9.30. The lowest BCUT2D eigenvalue weighted by molar-refractivity contribution is 0.00879. The number of ether oxygens (including phenoxy) is 1. The van der Waals surface area contributed by atoms with Gasteiger partial charge in [-0.05, 0) is 24.3 Å². The first kappa shape index (κ1) is 13.9. The quantitative estimate of drug-likeness (QED) is 0.848. The molecule has 0 saturated carbocycles. The van der Waals surface area contributed by atoms with Crippen LogP contribution < -0.4 is 5.73 Å². The maximum Gasteiger partial charge on any atom is 0.254 e. The van der Waals surface area contributed by atoms with E-state index in [1.165, 1.54) is 0 Å². The molecule has 5 nitrogen and oxygen atoms in total. The first-order valence-corrected chi connectivity index (χ1v) is 7.11. The highest BCUT2D eigenvalue weighted by molar-refractivity contribution is 7.80. The minimum absolute atomic E-state index is 0.0368. The molecule has 2 heterocycles. The summed E-state index contributed by atoms with van der Waals surface area (Å²) in [4.78, 5) is 18.8. The lowest BCUT2D eigenvalue weighted by Gasteiger charge is -2.32. The summed E-state index contributed by atoms with van der Waals surface area (Å²) in [7, 11) is 0. The zero-order chi connectivity index (χ0) is 14.8. The van der Waals surface area contributed by atoms with E-state index in [4.69, 9.17) is 22.7 Å². The van der Waals surface area contributed by atoms with Gasteiger partial charge in [0.25, 0.3) is 5.91 Å². The second kappa shape index (κ2) is 5.75. The Kier molecular flexibility index (Phi) is 3.81. The predicted molar refractivity (Wildman–Crippen MR) is 84.2 cm³/mol. The van der Waals surface area contributed by atoms with E-state index >= 15 is 0 Å². The number of aromatic nitrogens is 1. The summed E-state index contributed by atoms with van der Waals surface area (Å²) in [6.45, 7) is 1.39. The van der Waals surface area contributed by atoms with Gasteiger partial charge in [-0.25, -0.2) is 0 Å². The molecule has 0 bridgehead atoms. The van der Waals surface area contributed by atoms with Gasteiger partial charge in [-0.1, -0.05) is 18.3 Å². The number of morpholine rings is 1. The Balaban J connectivity index is 1.84. The van der Waals surface area contributed by atoms with Crippen LogP contribution >= 0.6 is 12.2 Å². The number of pyridine rings is 1. The number of benzene rings is 1. The highest BCUT2D eigenvalue weighted by atomic mass is 32.1. The van der Waals surface area contributed by atoms with Crippen LogP contribution in [0.2, 0.25) is 0 Å². The molecule has 1 aliphatic heterocycles. The maximum atomic E-state index is 12.6. The largest absolute Gasteiger partial charge is 0.391 e. The van der Waals surface area contributed by atoms with Crippen LogP contribution in [0.25, 0.3) is 10.9 Å². The minimum atomic E-state index is -0.361. The molecule has 3 rings (SSSR count). The number of nitrogens with two attached hydrogens (primary N) is 1. The van der Waals surface area contributed by atoms with Gasteiger partial charge in [0.05, 0.1) is 18.7 Å². The number of carbonyl (C=O) groups is 1. The topological polar surface area (TPSA) is 68.5 Å². The first-order chi connectivity index (χ1) is 10.1. The fraction of sp³-hybridized carbons (Fsp3) is 0.267. The van der Waals surface area contributed by atoms with E-state index in [-0.39, 0.29) is 17.0 Å². The van der Waals surface area contributed by atoms with Gasteiger partial charge in [-0.3, -0.25) is 9.78 Å². The molecule has 1 fully saturated rings. The van der Waals surface area contributed by atoms with Crippen LogP contribution in [0.15, 0.2) is 36.5 Å². The summed E-state index contributed by atoms with van der Waals surface area (Å²) in [6.07, 6.45) is 1.37. The van der Waals surface area contributed by atoms with Crippen molar-refractivity contribution in [1.29, 1.82) is 0 Å². The van der Waals surface area contributed by atoms with Crippen molar-refractivity contribution in [2.45, 2.75) is 6.10 Å². The Labute approximate surface area is 127 Å². The first-order valence-electron chi connectivity index (χ1n) is 6.70. The summed E-state index contributed by atoms with van der Waals surface area (Å²) in [5.41, 5.74) is 7.11. The summed E-state index contributed by atoms with van der Waals surface area (Å²) >= 11 is 4.94. The zero-order valence-corrected chi connectivity index (χ0v) is 12.2. The van der Waals surface area contributed by atoms with Crippen LogP contribution in [0.5, 0.6) is 0 Å². The Morgan fingerprint density at radius 3 is 3.10 bits per heavy atom. The molecule has 1 atom stereocenters. The van der Waals surface area contributed by atoms with E-state index in [0.29, 0.717) is 25.3 Å². The van der Waals surface area contributed by atoms with E-state index in [1.54, 1.807) is 17.2 Å². The van der Waals surface area contributed by atoms with Crippen LogP contribution in [0.1, 0.15) is 10.4 Å². The van der Waals surface area contributed by atoms with Crippen LogP contribution in [0, 0.1) is 0 Å². The monoisotopic (exact) mass is 301 g/mol. The third-order valence-corrected chi connectivity index (χ3v) is 3.78. The molecule has 2 aromatic rings. The summed E-state index contributed by atoms with van der Waals surface area (Å²) in [5, 5.41) is 0.947. The van der Waals surface area contributed by atoms with E-state index in [0.717, 1.165) is 10.9 Å². The molecule has 6 heteroatoms. The van der Waals surface area contributed by atoms with Crippen molar-refractivity contribution in [3.63, 3.8) is 0 Å². The van der Waals surface area contributed by atoms with Gasteiger partial charge in [0.1, 0.15) is 11.1 Å². The lowest BCUT2D eigenvalue weighted by atomic mass is 10.1. The van der Waals surface area contributed by atoms with Crippen molar-refractivity contribution < 1.29 is 9.53 Å². The molecule has 0 radical (unpaired) electrons. The average molecular weight is 301 g/mol. The molecule has 0 aliphatic carbocycles. The maximum absolute atomic E-state index is 12.6. The second-order valence-electron chi connectivity index (χ2n) is 4.92. The molecule has 1 amide bonds. The number of thiocarbonyl (C=S) groups is 1. The zero-order valence-electron chi connectivity index (χ0n) is 11.4. The fourth-order valence-corrected chi connectivity index (χ4v) is 2.54. The number of rotatable bonds is 2. The van der Waals surface area contributed by atoms with Crippen molar-refractivity contribution in [3.8, 4) is 0 Å². The normalized spacial score (nSPS) is 18.7. The molecule has 0 spiro atoms. The van der Waals surface area contributed by atoms with Gasteiger partial charge in [-0.15, -0.1) is 0 Å². The van der Waals surface area contributed by atoms with Crippen LogP contribution in [-0.2, 0) is 4.74 Å². The molecule has 108 valence electrons. The molecule has 1 unspecified atom stereocenters. The van der Waals surface area contributed by atoms with E-state index in [9.17, 15) is 4.79 Å². The summed E-state index contributed by atoms with van der Waals surface area (Å²) < 4.78 is 5.46. The number of fused-ring (bicyclic) bond motifs is 1. The number of nitrogens with zero attached hydrogens (tertiary/aromatic N) is 2. The van der Waals surface area contributed by atoms with Gasteiger partial charge >= 0.3 is 0 Å². The smallest absolute Gasteiger partial charge is 0.254 e. The Bertz CT molecular complexity index is 704. The standard InChI is InChI=1S/C15H15N3O2S/c16-14(21)13-9-18(6-7-20-13)15(19)11-3-4-12-10(8-11)2-1-5-17-12/h1-5,8,13H,6-7,9H2,(H2,16,21). The van der Waals surface area contributed by atoms with E-state index in [2.05, 4.69) is 4.98 Å². The highest BCUT2D eigenvalue weighted by Crippen LogP contribution is 2.16. The SMILES string of the molecule is NC(=S)C1CN(C(=O)c2ccc3ncccc3c2)CCO1. The lowest BCUT2D eigenvalue weighted by Crippen LogP contribution is -2.49. The number of hydrogen-bond acceptors (Lipinski definition) is 4. The van der Waals surface area contributed by atoms with Gasteiger partial charge in [-0.2, -0.15) is 0 Å². The molecule has 1 saturated heterocycles. The number of hydrogen-bond donors (Lipinski definition) is 1. The van der Waals surface area contributed by atoms with Crippen molar-refractivity contribution >= 4 is 34.0 Å². The van der Waals surface area contributed by atoms with Gasteiger partial charge in [0, 0.05) is 23.7 Å². The van der Waals surface area contributed by atoms with Crippen molar-refractivity contribution in [2.24, 2.45) is 5.73 Å². The predicted octanol–water partition coefficient (Wildman–Crippen LogP) is 1.36. The molecule has 1 aromatic carbocycles. The van der Waals surface area contributed by atoms with E-state index in [1.807, 2.05) is 24.3 Å².